The maximum Gasteiger partial charge on any atom is 0.108 e. The Kier molecular flexibility index (Phi) is 3.14. The number of rotatable bonds is 3. The van der Waals surface area contributed by atoms with E-state index in [1.54, 1.807) is 0 Å². The summed E-state index contributed by atoms with van der Waals surface area (Å²) < 4.78 is 0. The molecule has 0 saturated carbocycles. The highest BCUT2D eigenvalue weighted by atomic mass is 14.8. The van der Waals surface area contributed by atoms with Crippen LogP contribution in [0.5, 0.6) is 0 Å². The molecule has 4 nitrogen and oxygen atoms in total. The molecule has 0 aromatic rings. The SMILES string of the molecule is N=C(N)C(N)CCN. The molecule has 0 aromatic heterocycles. The van der Waals surface area contributed by atoms with Crippen LogP contribution in [-0.4, -0.2) is 18.4 Å². The van der Waals surface area contributed by atoms with Gasteiger partial charge in [-0.1, -0.05) is 0 Å². The molecule has 1 unspecified atom stereocenters. The molecular formula is C4H12N4. The van der Waals surface area contributed by atoms with Crippen molar-refractivity contribution in [3.63, 3.8) is 0 Å². The van der Waals surface area contributed by atoms with Crippen molar-refractivity contribution in [1.29, 1.82) is 5.41 Å². The maximum atomic E-state index is 6.80. The molecule has 0 spiro atoms. The lowest BCUT2D eigenvalue weighted by molar-refractivity contribution is 0.752. The predicted molar refractivity (Wildman–Crippen MR) is 33.6 cm³/mol. The number of nitrogens with two attached hydrogens (primary N) is 3. The van der Waals surface area contributed by atoms with Crippen molar-refractivity contribution in [3.8, 4) is 0 Å². The zero-order valence-corrected chi connectivity index (χ0v) is 4.72. The van der Waals surface area contributed by atoms with E-state index in [-0.39, 0.29) is 11.9 Å². The zero-order valence-electron chi connectivity index (χ0n) is 4.72. The minimum Gasteiger partial charge on any atom is -0.386 e. The van der Waals surface area contributed by atoms with Gasteiger partial charge in [0.05, 0.1) is 6.04 Å². The standard InChI is InChI=1S/C4H12N4/c5-2-1-3(6)4(7)8/h3H,1-2,5-6H2,(H3,7,8). The second kappa shape index (κ2) is 3.40. The molecule has 7 N–H and O–H groups in total. The van der Waals surface area contributed by atoms with Gasteiger partial charge in [-0.15, -0.1) is 0 Å². The Hall–Kier alpha value is -0.610. The highest BCUT2D eigenvalue weighted by Crippen LogP contribution is 1.80. The zero-order chi connectivity index (χ0) is 6.57. The fourth-order valence-corrected chi connectivity index (χ4v) is 0.335. The Balaban J connectivity index is 3.32. The third-order valence-corrected chi connectivity index (χ3v) is 0.877. The van der Waals surface area contributed by atoms with Gasteiger partial charge in [-0.2, -0.15) is 0 Å². The van der Waals surface area contributed by atoms with Gasteiger partial charge in [-0.05, 0) is 13.0 Å². The first kappa shape index (κ1) is 7.39. The van der Waals surface area contributed by atoms with Crippen LogP contribution in [0, 0.1) is 5.41 Å². The van der Waals surface area contributed by atoms with Crippen LogP contribution in [0.1, 0.15) is 6.42 Å². The molecule has 0 aliphatic heterocycles. The fraction of sp³-hybridized carbons (Fsp3) is 0.750. The molecule has 0 radical (unpaired) electrons. The second-order valence-corrected chi connectivity index (χ2v) is 1.64. The van der Waals surface area contributed by atoms with E-state index in [9.17, 15) is 0 Å². The molecule has 0 amide bonds. The van der Waals surface area contributed by atoms with Gasteiger partial charge in [0.15, 0.2) is 0 Å². The largest absolute Gasteiger partial charge is 0.386 e. The third-order valence-electron chi connectivity index (χ3n) is 0.877. The van der Waals surface area contributed by atoms with Gasteiger partial charge in [0.2, 0.25) is 0 Å². The number of amidine groups is 1. The molecule has 8 heavy (non-hydrogen) atoms. The minimum absolute atomic E-state index is 0.00968. The molecule has 48 valence electrons. The first-order valence-electron chi connectivity index (χ1n) is 2.48. The highest BCUT2D eigenvalue weighted by Gasteiger charge is 2.01. The van der Waals surface area contributed by atoms with E-state index in [1.807, 2.05) is 0 Å². The molecule has 4 heteroatoms. The van der Waals surface area contributed by atoms with E-state index in [4.69, 9.17) is 22.6 Å². The summed E-state index contributed by atoms with van der Waals surface area (Å²) in [6, 6.07) is -0.347. The number of hydrogen-bond donors (Lipinski definition) is 4. The molecular weight excluding hydrogens is 104 g/mol. The molecule has 0 fully saturated rings. The van der Waals surface area contributed by atoms with Gasteiger partial charge >= 0.3 is 0 Å². The second-order valence-electron chi connectivity index (χ2n) is 1.64. The summed E-state index contributed by atoms with van der Waals surface area (Å²) in [5.74, 6) is 0.00968. The lowest BCUT2D eigenvalue weighted by Gasteiger charge is -2.05. The molecule has 0 bridgehead atoms. The Labute approximate surface area is 48.5 Å². The van der Waals surface area contributed by atoms with Gasteiger partial charge in [0.25, 0.3) is 0 Å². The summed E-state index contributed by atoms with van der Waals surface area (Å²) in [4.78, 5) is 0. The molecule has 0 saturated heterocycles. The Morgan fingerprint density at radius 1 is 1.62 bits per heavy atom. The molecule has 0 aliphatic carbocycles. The first-order valence-corrected chi connectivity index (χ1v) is 2.48. The van der Waals surface area contributed by atoms with Crippen molar-refractivity contribution < 1.29 is 0 Å². The fourth-order valence-electron chi connectivity index (χ4n) is 0.335. The average molecular weight is 116 g/mol. The van der Waals surface area contributed by atoms with E-state index in [2.05, 4.69) is 0 Å². The maximum absolute atomic E-state index is 6.80. The van der Waals surface area contributed by atoms with Crippen LogP contribution in [0.15, 0.2) is 0 Å². The minimum atomic E-state index is -0.347. The molecule has 0 heterocycles. The van der Waals surface area contributed by atoms with Gasteiger partial charge in [0.1, 0.15) is 5.84 Å². The molecule has 1 atom stereocenters. The molecule has 0 rings (SSSR count). The lowest BCUT2D eigenvalue weighted by Crippen LogP contribution is -2.37. The summed E-state index contributed by atoms with van der Waals surface area (Å²) in [6.45, 7) is 0.487. The van der Waals surface area contributed by atoms with Gasteiger partial charge in [-0.3, -0.25) is 5.41 Å². The first-order chi connectivity index (χ1) is 3.68. The molecule has 0 aromatic carbocycles. The smallest absolute Gasteiger partial charge is 0.108 e. The number of hydrogen-bond acceptors (Lipinski definition) is 3. The summed E-state index contributed by atoms with van der Waals surface area (Å²) in [5.41, 5.74) is 15.5. The van der Waals surface area contributed by atoms with Crippen molar-refractivity contribution in [1.82, 2.24) is 0 Å². The van der Waals surface area contributed by atoms with Gasteiger partial charge in [0, 0.05) is 0 Å². The lowest BCUT2D eigenvalue weighted by atomic mass is 10.2. The van der Waals surface area contributed by atoms with E-state index >= 15 is 0 Å². The Morgan fingerprint density at radius 3 is 2.25 bits per heavy atom. The van der Waals surface area contributed by atoms with Crippen LogP contribution >= 0.6 is 0 Å². The summed E-state index contributed by atoms with van der Waals surface area (Å²) in [5, 5.41) is 6.80. The van der Waals surface area contributed by atoms with Crippen molar-refractivity contribution in [2.24, 2.45) is 17.2 Å². The third kappa shape index (κ3) is 2.54. The van der Waals surface area contributed by atoms with Crippen molar-refractivity contribution in [2.45, 2.75) is 12.5 Å². The van der Waals surface area contributed by atoms with Crippen molar-refractivity contribution in [3.05, 3.63) is 0 Å². The van der Waals surface area contributed by atoms with Crippen LogP contribution < -0.4 is 17.2 Å². The molecule has 0 aliphatic rings. The van der Waals surface area contributed by atoms with E-state index in [1.165, 1.54) is 0 Å². The number of nitrogens with one attached hydrogen (secondary N) is 1. The summed E-state index contributed by atoms with van der Waals surface area (Å²) in [6.07, 6.45) is 0.593. The predicted octanol–water partition coefficient (Wildman–Crippen LogP) is -1.40. The Morgan fingerprint density at radius 2 is 2.12 bits per heavy atom. The van der Waals surface area contributed by atoms with Crippen molar-refractivity contribution in [2.75, 3.05) is 6.54 Å². The average Bonchev–Trinajstić information content (AvgIpc) is 1.67. The van der Waals surface area contributed by atoms with E-state index in [0.29, 0.717) is 13.0 Å². The quantitative estimate of drug-likeness (QED) is 0.269. The highest BCUT2D eigenvalue weighted by molar-refractivity contribution is 5.82. The van der Waals surface area contributed by atoms with Crippen LogP contribution in [0.2, 0.25) is 0 Å². The van der Waals surface area contributed by atoms with Gasteiger partial charge < -0.3 is 17.2 Å². The Bertz CT molecular complexity index is 80.1. The van der Waals surface area contributed by atoms with Crippen molar-refractivity contribution >= 4 is 5.84 Å². The van der Waals surface area contributed by atoms with E-state index < -0.39 is 0 Å². The van der Waals surface area contributed by atoms with E-state index in [0.717, 1.165) is 0 Å². The summed E-state index contributed by atoms with van der Waals surface area (Å²) >= 11 is 0. The van der Waals surface area contributed by atoms with Crippen LogP contribution in [0.4, 0.5) is 0 Å². The van der Waals surface area contributed by atoms with Gasteiger partial charge in [-0.25, -0.2) is 0 Å². The van der Waals surface area contributed by atoms with Crippen LogP contribution in [0.25, 0.3) is 0 Å². The monoisotopic (exact) mass is 116 g/mol. The van der Waals surface area contributed by atoms with Crippen LogP contribution in [0.3, 0.4) is 0 Å². The topological polar surface area (TPSA) is 102 Å². The van der Waals surface area contributed by atoms with Crippen LogP contribution in [-0.2, 0) is 0 Å². The normalized spacial score (nSPS) is 13.2. The summed E-state index contributed by atoms with van der Waals surface area (Å²) in [7, 11) is 0.